The number of halogens is 1. The van der Waals surface area contributed by atoms with Gasteiger partial charge in [0, 0.05) is 24.3 Å². The van der Waals surface area contributed by atoms with Crippen LogP contribution in [0.25, 0.3) is 12.2 Å². The normalized spacial score (nSPS) is 17.2. The number of rotatable bonds is 6. The zero-order valence-corrected chi connectivity index (χ0v) is 19.8. The highest BCUT2D eigenvalue weighted by Gasteiger charge is 2.37. The smallest absolute Gasteiger partial charge is 0.248 e. The van der Waals surface area contributed by atoms with Crippen molar-refractivity contribution in [1.29, 1.82) is 0 Å². The van der Waals surface area contributed by atoms with E-state index >= 15 is 0 Å². The number of piperidine rings is 1. The van der Waals surface area contributed by atoms with Gasteiger partial charge in [0.1, 0.15) is 11.5 Å². The molecule has 7 nitrogen and oxygen atoms in total. The first kappa shape index (κ1) is 23.8. The third kappa shape index (κ3) is 5.10. The van der Waals surface area contributed by atoms with Gasteiger partial charge in [-0.15, -0.1) is 0 Å². The van der Waals surface area contributed by atoms with Crippen LogP contribution in [0.3, 0.4) is 0 Å². The Balaban J connectivity index is 1.54. The van der Waals surface area contributed by atoms with Crippen LogP contribution < -0.4 is 5.32 Å². The molecule has 2 heterocycles. The van der Waals surface area contributed by atoms with Crippen molar-refractivity contribution in [2.45, 2.75) is 31.6 Å². The van der Waals surface area contributed by atoms with Crippen molar-refractivity contribution in [3.63, 3.8) is 0 Å². The van der Waals surface area contributed by atoms with Gasteiger partial charge >= 0.3 is 0 Å². The van der Waals surface area contributed by atoms with Crippen molar-refractivity contribution in [2.75, 3.05) is 18.4 Å². The lowest BCUT2D eigenvalue weighted by Gasteiger charge is -2.31. The Morgan fingerprint density at radius 2 is 1.88 bits per heavy atom. The summed E-state index contributed by atoms with van der Waals surface area (Å²) in [5.74, 6) is -1.11. The molecule has 1 N–H and O–H groups in total. The molecule has 1 aliphatic heterocycles. The molecule has 0 radical (unpaired) electrons. The van der Waals surface area contributed by atoms with Gasteiger partial charge < -0.3 is 9.84 Å². The molecule has 0 spiro atoms. The number of carbonyl (C=O) groups is 1. The van der Waals surface area contributed by atoms with Crippen molar-refractivity contribution in [3.05, 3.63) is 76.9 Å². The fourth-order valence-electron chi connectivity index (χ4n) is 3.96. The Morgan fingerprint density at radius 1 is 1.15 bits per heavy atom. The molecule has 2 aromatic carbocycles. The molecule has 1 amide bonds. The second-order valence-electron chi connectivity index (χ2n) is 8.37. The molecule has 9 heteroatoms. The van der Waals surface area contributed by atoms with Crippen LogP contribution in [-0.2, 0) is 14.8 Å². The highest BCUT2D eigenvalue weighted by atomic mass is 32.2. The Hall–Kier alpha value is -3.30. The summed E-state index contributed by atoms with van der Waals surface area (Å²) in [5.41, 5.74) is 2.26. The largest absolute Gasteiger partial charge is 0.355 e. The molecule has 34 heavy (non-hydrogen) atoms. The SMILES string of the molecule is Cc1ccc(NC(=O)[C@@H]2CCCN(S(=O)(=O)c3c(C)noc3/C=C/c3ccccc3F)C2)cc1. The summed E-state index contributed by atoms with van der Waals surface area (Å²) in [6.45, 7) is 3.85. The maximum absolute atomic E-state index is 14.0. The van der Waals surface area contributed by atoms with Crippen LogP contribution in [0.15, 0.2) is 57.9 Å². The monoisotopic (exact) mass is 483 g/mol. The molecule has 1 saturated heterocycles. The van der Waals surface area contributed by atoms with E-state index in [-0.39, 0.29) is 35.3 Å². The minimum absolute atomic E-state index is 0.0204. The number of anilines is 1. The van der Waals surface area contributed by atoms with E-state index in [4.69, 9.17) is 4.52 Å². The quantitative estimate of drug-likeness (QED) is 0.551. The standard InChI is InChI=1S/C25H26FN3O4S/c1-17-9-12-21(13-10-17)27-25(30)20-7-5-15-29(16-20)34(31,32)24-18(2)28-33-23(24)14-11-19-6-3-4-8-22(19)26/h3-4,6,8-14,20H,5,7,15-16H2,1-2H3,(H,27,30)/b14-11+/t20-/m1/s1. The maximum atomic E-state index is 14.0. The lowest BCUT2D eigenvalue weighted by Crippen LogP contribution is -2.43. The molecule has 0 aliphatic carbocycles. The van der Waals surface area contributed by atoms with E-state index in [0.717, 1.165) is 5.56 Å². The van der Waals surface area contributed by atoms with Gasteiger partial charge in [0.25, 0.3) is 0 Å². The molecule has 1 atom stereocenters. The topological polar surface area (TPSA) is 92.5 Å². The number of benzene rings is 2. The summed E-state index contributed by atoms with van der Waals surface area (Å²) in [6.07, 6.45) is 3.99. The average molecular weight is 484 g/mol. The average Bonchev–Trinajstić information content (AvgIpc) is 3.21. The van der Waals surface area contributed by atoms with Gasteiger partial charge in [0.2, 0.25) is 15.9 Å². The summed E-state index contributed by atoms with van der Waals surface area (Å²) in [5, 5.41) is 6.70. The van der Waals surface area contributed by atoms with Gasteiger partial charge in [-0.3, -0.25) is 4.79 Å². The highest BCUT2D eigenvalue weighted by Crippen LogP contribution is 2.30. The van der Waals surface area contributed by atoms with E-state index in [0.29, 0.717) is 24.1 Å². The van der Waals surface area contributed by atoms with Gasteiger partial charge in [0.15, 0.2) is 10.7 Å². The van der Waals surface area contributed by atoms with Gasteiger partial charge in [-0.25, -0.2) is 12.8 Å². The molecule has 0 saturated carbocycles. The van der Waals surface area contributed by atoms with Crippen LogP contribution in [-0.4, -0.2) is 36.9 Å². The molecule has 0 bridgehead atoms. The number of nitrogens with zero attached hydrogens (tertiary/aromatic N) is 2. The van der Waals surface area contributed by atoms with Crippen molar-refractivity contribution in [3.8, 4) is 0 Å². The van der Waals surface area contributed by atoms with Crippen molar-refractivity contribution < 1.29 is 22.1 Å². The molecule has 3 aromatic rings. The fraction of sp³-hybridized carbons (Fsp3) is 0.280. The molecule has 4 rings (SSSR count). The second kappa shape index (κ2) is 9.90. The summed E-state index contributed by atoms with van der Waals surface area (Å²) in [6, 6.07) is 13.6. The third-order valence-corrected chi connectivity index (χ3v) is 7.85. The van der Waals surface area contributed by atoms with Gasteiger partial charge in [0.05, 0.1) is 5.92 Å². The number of aryl methyl sites for hydroxylation is 2. The molecule has 1 fully saturated rings. The number of aromatic nitrogens is 1. The van der Waals surface area contributed by atoms with Crippen LogP contribution in [0.5, 0.6) is 0 Å². The van der Waals surface area contributed by atoms with E-state index in [1.54, 1.807) is 25.1 Å². The lowest BCUT2D eigenvalue weighted by atomic mass is 9.98. The lowest BCUT2D eigenvalue weighted by molar-refractivity contribution is -0.120. The Bertz CT molecular complexity index is 1320. The predicted molar refractivity (Wildman–Crippen MR) is 128 cm³/mol. The Morgan fingerprint density at radius 3 is 2.62 bits per heavy atom. The van der Waals surface area contributed by atoms with E-state index in [1.807, 2.05) is 31.2 Å². The summed E-state index contributed by atoms with van der Waals surface area (Å²) >= 11 is 0. The second-order valence-corrected chi connectivity index (χ2v) is 10.2. The number of hydrogen-bond donors (Lipinski definition) is 1. The first-order valence-electron chi connectivity index (χ1n) is 11.0. The molecular weight excluding hydrogens is 457 g/mol. The van der Waals surface area contributed by atoms with E-state index < -0.39 is 21.8 Å². The summed E-state index contributed by atoms with van der Waals surface area (Å²) < 4.78 is 47.5. The maximum Gasteiger partial charge on any atom is 0.248 e. The first-order valence-corrected chi connectivity index (χ1v) is 12.5. The fourth-order valence-corrected chi connectivity index (χ4v) is 5.73. The highest BCUT2D eigenvalue weighted by molar-refractivity contribution is 7.89. The summed E-state index contributed by atoms with van der Waals surface area (Å²) in [4.78, 5) is 12.8. The minimum atomic E-state index is -3.99. The van der Waals surface area contributed by atoms with Crippen LogP contribution in [0.2, 0.25) is 0 Å². The summed E-state index contributed by atoms with van der Waals surface area (Å²) in [7, 11) is -3.99. The zero-order chi connectivity index (χ0) is 24.3. The minimum Gasteiger partial charge on any atom is -0.355 e. The predicted octanol–water partition coefficient (Wildman–Crippen LogP) is 4.64. The number of sulfonamides is 1. The Kier molecular flexibility index (Phi) is 6.95. The van der Waals surface area contributed by atoms with Crippen molar-refractivity contribution in [2.24, 2.45) is 5.92 Å². The van der Waals surface area contributed by atoms with Gasteiger partial charge in [-0.05, 0) is 57.0 Å². The number of nitrogens with one attached hydrogen (secondary N) is 1. The van der Waals surface area contributed by atoms with Crippen LogP contribution in [0.1, 0.15) is 35.4 Å². The van der Waals surface area contributed by atoms with E-state index in [2.05, 4.69) is 10.5 Å². The zero-order valence-electron chi connectivity index (χ0n) is 19.0. The molecule has 0 unspecified atom stereocenters. The molecule has 1 aromatic heterocycles. The number of amides is 1. The van der Waals surface area contributed by atoms with E-state index in [9.17, 15) is 17.6 Å². The number of carbonyl (C=O) groups excluding carboxylic acids is 1. The molecule has 178 valence electrons. The molecule has 1 aliphatic rings. The van der Waals surface area contributed by atoms with E-state index in [1.165, 1.54) is 22.5 Å². The third-order valence-electron chi connectivity index (χ3n) is 5.82. The molecular formula is C25H26FN3O4S. The number of hydrogen-bond acceptors (Lipinski definition) is 5. The first-order chi connectivity index (χ1) is 16.3. The van der Waals surface area contributed by atoms with Crippen LogP contribution in [0.4, 0.5) is 10.1 Å². The van der Waals surface area contributed by atoms with Crippen LogP contribution >= 0.6 is 0 Å². The van der Waals surface area contributed by atoms with Crippen LogP contribution in [0, 0.1) is 25.6 Å². The van der Waals surface area contributed by atoms with Gasteiger partial charge in [-0.1, -0.05) is 41.1 Å². The van der Waals surface area contributed by atoms with Crippen molar-refractivity contribution in [1.82, 2.24) is 9.46 Å². The van der Waals surface area contributed by atoms with Crippen molar-refractivity contribution >= 4 is 33.8 Å². The Labute approximate surface area is 198 Å². The van der Waals surface area contributed by atoms with Gasteiger partial charge in [-0.2, -0.15) is 4.31 Å².